The van der Waals surface area contributed by atoms with E-state index in [1.54, 1.807) is 25.1 Å². The van der Waals surface area contributed by atoms with E-state index >= 15 is 0 Å². The Labute approximate surface area is 206 Å². The number of carbonyl (C=O) groups excluding carboxylic acids is 5. The molecule has 3 aliphatic carbocycles. The van der Waals surface area contributed by atoms with E-state index < -0.39 is 82.1 Å². The molecule has 0 aromatic heterocycles. The van der Waals surface area contributed by atoms with Crippen molar-refractivity contribution >= 4 is 34.7 Å². The molecule has 2 saturated carbocycles. The van der Waals surface area contributed by atoms with Crippen LogP contribution < -0.4 is 11.1 Å². The third-order valence-corrected chi connectivity index (χ3v) is 7.93. The van der Waals surface area contributed by atoms with E-state index in [0.717, 1.165) is 0 Å². The number of aliphatic hydroxyl groups is 2. The third kappa shape index (κ3) is 3.19. The molecule has 0 saturated heterocycles. The van der Waals surface area contributed by atoms with Crippen LogP contribution >= 0.6 is 0 Å². The topological polar surface area (TPSA) is 187 Å². The normalized spacial score (nSPS) is 35.7. The van der Waals surface area contributed by atoms with Crippen molar-refractivity contribution in [1.29, 1.82) is 0 Å². The average molecular weight is 500 g/mol. The van der Waals surface area contributed by atoms with Gasteiger partial charge >= 0.3 is 0 Å². The first kappa shape index (κ1) is 25.7. The monoisotopic (exact) mass is 499 g/mol. The second-order valence-electron chi connectivity index (χ2n) is 9.96. The zero-order chi connectivity index (χ0) is 26.9. The first-order valence-electron chi connectivity index (χ1n) is 11.6. The van der Waals surface area contributed by atoms with Gasteiger partial charge in [0.25, 0.3) is 0 Å². The lowest BCUT2D eigenvalue weighted by Gasteiger charge is -2.56. The molecule has 1 amide bonds. The Balaban J connectivity index is 1.92. The molecular formula is C25H29N3O8. The predicted octanol–water partition coefficient (Wildman–Crippen LogP) is -1.00. The minimum atomic E-state index is -3.01. The maximum atomic E-state index is 13.9. The van der Waals surface area contributed by atoms with E-state index in [-0.39, 0.29) is 17.8 Å². The van der Waals surface area contributed by atoms with Gasteiger partial charge in [0.05, 0.1) is 35.2 Å². The molecule has 11 nitrogen and oxygen atoms in total. The van der Waals surface area contributed by atoms with E-state index in [2.05, 4.69) is 11.9 Å². The number of phenolic OH excluding ortho intramolecular Hbond substituents is 1. The quantitative estimate of drug-likeness (QED) is 0.191. The lowest BCUT2D eigenvalue weighted by Crippen LogP contribution is -2.77. The van der Waals surface area contributed by atoms with Gasteiger partial charge in [0, 0.05) is 12.5 Å². The van der Waals surface area contributed by atoms with Gasteiger partial charge in [-0.3, -0.25) is 28.9 Å². The number of aromatic hydroxyl groups is 1. The Hall–Kier alpha value is -3.41. The Morgan fingerprint density at radius 3 is 2.42 bits per heavy atom. The lowest BCUT2D eigenvalue weighted by atomic mass is 9.49. The summed E-state index contributed by atoms with van der Waals surface area (Å²) in [5.74, 6) is -13.4. The molecule has 11 heteroatoms. The van der Waals surface area contributed by atoms with Crippen LogP contribution in [0, 0.1) is 23.7 Å². The minimum Gasteiger partial charge on any atom is -0.505 e. The number of nitrogens with two attached hydrogens (primary N) is 1. The number of nitrogens with one attached hydrogen (secondary N) is 1. The first-order chi connectivity index (χ1) is 16.8. The summed E-state index contributed by atoms with van der Waals surface area (Å²) in [4.78, 5) is 67.3. The number of rotatable bonds is 5. The SMILES string of the molecule is C=CCNc1ccc2c(c1O)C(=O)C1C(=O)[C@]3(O)C(=O)C(C(N)=O)C(=O)[C@@H](N(C)C)[C@@H]3[C@@H](O)[C@@H]1[C@H]2C. The number of fused-ring (bicyclic) bond motifs is 3. The third-order valence-electron chi connectivity index (χ3n) is 7.93. The summed E-state index contributed by atoms with van der Waals surface area (Å²) in [6.45, 7) is 5.52. The number of nitrogens with zero attached hydrogens (tertiary/aromatic N) is 1. The van der Waals surface area contributed by atoms with Crippen molar-refractivity contribution in [2.24, 2.45) is 29.4 Å². The highest BCUT2D eigenvalue weighted by Crippen LogP contribution is 2.55. The maximum Gasteiger partial charge on any atom is 0.235 e. The molecular weight excluding hydrogens is 470 g/mol. The second-order valence-corrected chi connectivity index (χ2v) is 9.96. The van der Waals surface area contributed by atoms with Gasteiger partial charge in [-0.15, -0.1) is 6.58 Å². The van der Waals surface area contributed by atoms with Crippen LogP contribution in [-0.2, 0) is 19.2 Å². The largest absolute Gasteiger partial charge is 0.505 e. The molecule has 8 atom stereocenters. The summed E-state index contributed by atoms with van der Waals surface area (Å²) in [5.41, 5.74) is 2.72. The Bertz CT molecular complexity index is 1210. The van der Waals surface area contributed by atoms with Crippen molar-refractivity contribution in [3.8, 4) is 5.75 Å². The summed E-state index contributed by atoms with van der Waals surface area (Å²) >= 11 is 0. The fraction of sp³-hybridized carbons (Fsp3) is 0.480. The summed E-state index contributed by atoms with van der Waals surface area (Å²) in [6.07, 6.45) is -0.109. The van der Waals surface area contributed by atoms with Crippen molar-refractivity contribution < 1.29 is 39.3 Å². The number of amides is 1. The number of primary amides is 1. The standard InChI is InChI=1S/C25H29N3O8/c1-5-8-27-11-7-6-10-9(2)12-14(19(30)13(10)18(11)29)22(33)25(36)16(20(12)31)17(28(3)4)21(32)15(23(25)34)24(26)35/h5-7,9,12,14-17,20,27,29,31,36H,1,8H2,2-4H3,(H2,26,35)/t9-,12+,14?,15?,16+,17-,20-,25-/m0/s1. The summed E-state index contributed by atoms with van der Waals surface area (Å²) in [6, 6.07) is 1.76. The zero-order valence-electron chi connectivity index (χ0n) is 20.1. The van der Waals surface area contributed by atoms with Crippen LogP contribution in [0.1, 0.15) is 28.8 Å². The van der Waals surface area contributed by atoms with Gasteiger partial charge in [0.15, 0.2) is 34.7 Å². The number of anilines is 1. The Morgan fingerprint density at radius 1 is 1.22 bits per heavy atom. The highest BCUT2D eigenvalue weighted by Gasteiger charge is 2.72. The van der Waals surface area contributed by atoms with Crippen LogP contribution in [0.25, 0.3) is 0 Å². The van der Waals surface area contributed by atoms with Crippen LogP contribution in [0.2, 0.25) is 0 Å². The summed E-state index contributed by atoms with van der Waals surface area (Å²) in [7, 11) is 2.89. The summed E-state index contributed by atoms with van der Waals surface area (Å²) in [5, 5.41) is 36.9. The molecule has 1 aromatic rings. The van der Waals surface area contributed by atoms with Crippen LogP contribution in [0.5, 0.6) is 5.75 Å². The number of Topliss-reactive ketones (excluding diaryl/α,β-unsaturated/α-hetero) is 4. The minimum absolute atomic E-state index is 0.157. The van der Waals surface area contributed by atoms with Crippen LogP contribution in [0.4, 0.5) is 5.69 Å². The molecule has 2 fully saturated rings. The number of ketones is 4. The molecule has 0 bridgehead atoms. The van der Waals surface area contributed by atoms with Gasteiger partial charge in [-0.25, -0.2) is 0 Å². The molecule has 0 heterocycles. The van der Waals surface area contributed by atoms with Crippen molar-refractivity contribution in [2.75, 3.05) is 26.0 Å². The molecule has 36 heavy (non-hydrogen) atoms. The van der Waals surface area contributed by atoms with E-state index in [9.17, 15) is 39.3 Å². The number of aliphatic hydroxyl groups excluding tert-OH is 1. The highest BCUT2D eigenvalue weighted by molar-refractivity contribution is 6.32. The number of benzene rings is 1. The molecule has 1 aromatic carbocycles. The lowest BCUT2D eigenvalue weighted by molar-refractivity contribution is -0.196. The van der Waals surface area contributed by atoms with Gasteiger partial charge < -0.3 is 26.4 Å². The molecule has 192 valence electrons. The van der Waals surface area contributed by atoms with Crippen molar-refractivity contribution in [1.82, 2.24) is 4.90 Å². The van der Waals surface area contributed by atoms with E-state index in [1.807, 2.05) is 0 Å². The van der Waals surface area contributed by atoms with Gasteiger partial charge in [0.1, 0.15) is 5.75 Å². The molecule has 2 unspecified atom stereocenters. The van der Waals surface area contributed by atoms with Gasteiger partial charge in [-0.1, -0.05) is 19.1 Å². The summed E-state index contributed by atoms with van der Waals surface area (Å²) < 4.78 is 0. The predicted molar refractivity (Wildman–Crippen MR) is 126 cm³/mol. The second kappa shape index (κ2) is 8.61. The molecule has 3 aliphatic rings. The number of phenols is 1. The van der Waals surface area contributed by atoms with Crippen LogP contribution in [0.3, 0.4) is 0 Å². The van der Waals surface area contributed by atoms with E-state index in [4.69, 9.17) is 5.73 Å². The average Bonchev–Trinajstić information content (AvgIpc) is 2.80. The van der Waals surface area contributed by atoms with E-state index in [1.165, 1.54) is 19.0 Å². The van der Waals surface area contributed by atoms with E-state index in [0.29, 0.717) is 5.56 Å². The van der Waals surface area contributed by atoms with Crippen LogP contribution in [-0.4, -0.2) is 87.6 Å². The molecule has 0 radical (unpaired) electrons. The maximum absolute atomic E-state index is 13.9. The smallest absolute Gasteiger partial charge is 0.235 e. The molecule has 0 spiro atoms. The zero-order valence-corrected chi connectivity index (χ0v) is 20.1. The van der Waals surface area contributed by atoms with Gasteiger partial charge in [-0.2, -0.15) is 0 Å². The van der Waals surface area contributed by atoms with Crippen molar-refractivity contribution in [3.05, 3.63) is 35.9 Å². The fourth-order valence-corrected chi connectivity index (χ4v) is 6.31. The van der Waals surface area contributed by atoms with Gasteiger partial charge in [0.2, 0.25) is 5.91 Å². The Morgan fingerprint density at radius 2 is 1.86 bits per heavy atom. The molecule has 0 aliphatic heterocycles. The number of carbonyl (C=O) groups is 5. The highest BCUT2D eigenvalue weighted by atomic mass is 16.3. The van der Waals surface area contributed by atoms with Gasteiger partial charge in [-0.05, 0) is 31.6 Å². The first-order valence-corrected chi connectivity index (χ1v) is 11.6. The number of hydrogen-bond donors (Lipinski definition) is 5. The Kier molecular flexibility index (Phi) is 6.14. The molecule has 6 N–H and O–H groups in total. The van der Waals surface area contributed by atoms with Crippen molar-refractivity contribution in [3.63, 3.8) is 0 Å². The van der Waals surface area contributed by atoms with Crippen LogP contribution in [0.15, 0.2) is 24.8 Å². The van der Waals surface area contributed by atoms with Crippen molar-refractivity contribution in [2.45, 2.75) is 30.6 Å². The fourth-order valence-electron chi connectivity index (χ4n) is 6.31. The number of likely N-dealkylation sites (N-methyl/N-ethyl adjacent to an activating group) is 1. The number of hydrogen-bond acceptors (Lipinski definition) is 10. The molecule has 4 rings (SSSR count).